The molecule has 2 nitrogen and oxygen atoms in total. The van der Waals surface area contributed by atoms with Crippen molar-refractivity contribution in [3.05, 3.63) is 29.8 Å². The molecule has 17 heavy (non-hydrogen) atoms. The molecule has 0 atom stereocenters. The summed E-state index contributed by atoms with van der Waals surface area (Å²) in [5.41, 5.74) is 3.00. The lowest BCUT2D eigenvalue weighted by atomic mass is 9.90. The van der Waals surface area contributed by atoms with Gasteiger partial charge in [0.1, 0.15) is 0 Å². The zero-order valence-electron chi connectivity index (χ0n) is 11.7. The smallest absolute Gasteiger partial charge is 0.0471 e. The summed E-state index contributed by atoms with van der Waals surface area (Å²) in [6, 6.07) is 8.86. The van der Waals surface area contributed by atoms with Crippen molar-refractivity contribution in [2.45, 2.75) is 45.7 Å². The molecule has 0 bridgehead atoms. The maximum absolute atomic E-state index is 3.62. The fraction of sp³-hybridized carbons (Fsp3) is 0.600. The molecule has 2 rings (SSSR count). The molecule has 94 valence electrons. The summed E-state index contributed by atoms with van der Waals surface area (Å²) in [5.74, 6) is 0. The maximum atomic E-state index is 3.62. The van der Waals surface area contributed by atoms with Crippen molar-refractivity contribution < 1.29 is 0 Å². The van der Waals surface area contributed by atoms with Gasteiger partial charge in [-0.1, -0.05) is 17.7 Å². The topological polar surface area (TPSA) is 15.3 Å². The van der Waals surface area contributed by atoms with Gasteiger partial charge in [-0.2, -0.15) is 0 Å². The molecule has 1 fully saturated rings. The Morgan fingerprint density at radius 3 is 2.24 bits per heavy atom. The van der Waals surface area contributed by atoms with Crippen LogP contribution in [0.1, 0.15) is 33.3 Å². The quantitative estimate of drug-likeness (QED) is 0.801. The Labute approximate surface area is 105 Å². The van der Waals surface area contributed by atoms with Crippen LogP contribution in [0.3, 0.4) is 0 Å². The monoisotopic (exact) mass is 232 g/mol. The molecule has 1 N–H and O–H groups in total. The number of nitrogens with one attached hydrogen (secondary N) is 1. The summed E-state index contributed by atoms with van der Waals surface area (Å²) in [6.45, 7) is 13.3. The van der Waals surface area contributed by atoms with E-state index in [9.17, 15) is 0 Å². The lowest BCUT2D eigenvalue weighted by Gasteiger charge is -2.51. The van der Waals surface area contributed by atoms with Crippen molar-refractivity contribution >= 4 is 5.69 Å². The minimum atomic E-state index is 0.171. The fourth-order valence-corrected chi connectivity index (χ4v) is 2.38. The van der Waals surface area contributed by atoms with E-state index in [2.05, 4.69) is 69.1 Å². The fourth-order valence-electron chi connectivity index (χ4n) is 2.38. The molecule has 1 aliphatic heterocycles. The van der Waals surface area contributed by atoms with Crippen LogP contribution in [-0.4, -0.2) is 24.2 Å². The highest BCUT2D eigenvalue weighted by Crippen LogP contribution is 2.29. The molecule has 1 aromatic carbocycles. The third-order valence-electron chi connectivity index (χ3n) is 3.63. The number of hydrogen-bond acceptors (Lipinski definition) is 2. The summed E-state index contributed by atoms with van der Waals surface area (Å²) in [4.78, 5) is 2.52. The van der Waals surface area contributed by atoms with Gasteiger partial charge in [-0.25, -0.2) is 0 Å². The number of anilines is 1. The van der Waals surface area contributed by atoms with Gasteiger partial charge in [0.15, 0.2) is 0 Å². The number of rotatable bonds is 1. The minimum absolute atomic E-state index is 0.171. The van der Waals surface area contributed by atoms with Gasteiger partial charge in [0.25, 0.3) is 0 Å². The normalized spacial score (nSPS) is 22.5. The molecule has 1 saturated heterocycles. The molecule has 0 spiro atoms. The summed E-state index contributed by atoms with van der Waals surface area (Å²) < 4.78 is 0. The zero-order valence-corrected chi connectivity index (χ0v) is 11.7. The Morgan fingerprint density at radius 2 is 1.65 bits per heavy atom. The number of benzene rings is 1. The van der Waals surface area contributed by atoms with Gasteiger partial charge in [-0.3, -0.25) is 0 Å². The van der Waals surface area contributed by atoms with Crippen LogP contribution < -0.4 is 10.2 Å². The van der Waals surface area contributed by atoms with Crippen LogP contribution in [0.2, 0.25) is 0 Å². The highest BCUT2D eigenvalue weighted by Gasteiger charge is 2.37. The average molecular weight is 232 g/mol. The maximum Gasteiger partial charge on any atom is 0.0471 e. The van der Waals surface area contributed by atoms with Crippen molar-refractivity contribution in [3.8, 4) is 0 Å². The standard InChI is InChI=1S/C15H24N2/c1-12-6-8-13(9-7-12)17-11-14(2,3)16-10-15(17,4)5/h6-9,16H,10-11H2,1-5H3. The second-order valence-corrected chi connectivity index (χ2v) is 6.47. The lowest BCUT2D eigenvalue weighted by molar-refractivity contribution is 0.261. The number of nitrogens with zero attached hydrogens (tertiary/aromatic N) is 1. The first-order valence-electron chi connectivity index (χ1n) is 6.40. The van der Waals surface area contributed by atoms with E-state index < -0.39 is 0 Å². The molecule has 0 aliphatic carbocycles. The van der Waals surface area contributed by atoms with Gasteiger partial charge in [0.05, 0.1) is 0 Å². The molecular formula is C15H24N2. The SMILES string of the molecule is Cc1ccc(N2CC(C)(C)NCC2(C)C)cc1. The Bertz CT molecular complexity index is 390. The molecule has 2 heteroatoms. The molecule has 0 radical (unpaired) electrons. The van der Waals surface area contributed by atoms with E-state index in [0.717, 1.165) is 13.1 Å². The Hall–Kier alpha value is -1.02. The van der Waals surface area contributed by atoms with Crippen molar-refractivity contribution in [2.24, 2.45) is 0 Å². The summed E-state index contributed by atoms with van der Waals surface area (Å²) in [7, 11) is 0. The lowest BCUT2D eigenvalue weighted by Crippen LogP contribution is -2.66. The van der Waals surface area contributed by atoms with Crippen molar-refractivity contribution in [2.75, 3.05) is 18.0 Å². The third-order valence-corrected chi connectivity index (χ3v) is 3.63. The first-order chi connectivity index (χ1) is 7.80. The van der Waals surface area contributed by atoms with Crippen LogP contribution in [0.5, 0.6) is 0 Å². The molecule has 1 aliphatic rings. The average Bonchev–Trinajstić information content (AvgIpc) is 2.24. The Kier molecular flexibility index (Phi) is 2.94. The van der Waals surface area contributed by atoms with E-state index >= 15 is 0 Å². The zero-order chi connectivity index (χ0) is 12.7. The van der Waals surface area contributed by atoms with Crippen LogP contribution in [0.25, 0.3) is 0 Å². The van der Waals surface area contributed by atoms with E-state index in [4.69, 9.17) is 0 Å². The van der Waals surface area contributed by atoms with Crippen LogP contribution >= 0.6 is 0 Å². The van der Waals surface area contributed by atoms with Gasteiger partial charge >= 0.3 is 0 Å². The van der Waals surface area contributed by atoms with Crippen molar-refractivity contribution in [3.63, 3.8) is 0 Å². The van der Waals surface area contributed by atoms with E-state index in [-0.39, 0.29) is 11.1 Å². The van der Waals surface area contributed by atoms with Crippen LogP contribution in [0, 0.1) is 6.92 Å². The second-order valence-electron chi connectivity index (χ2n) is 6.47. The first kappa shape index (κ1) is 12.4. The van der Waals surface area contributed by atoms with Crippen molar-refractivity contribution in [1.82, 2.24) is 5.32 Å². The van der Waals surface area contributed by atoms with Gasteiger partial charge < -0.3 is 10.2 Å². The molecular weight excluding hydrogens is 208 g/mol. The summed E-state index contributed by atoms with van der Waals surface area (Å²) in [6.07, 6.45) is 0. The van der Waals surface area contributed by atoms with E-state index in [0.29, 0.717) is 0 Å². The molecule has 0 saturated carbocycles. The van der Waals surface area contributed by atoms with Crippen LogP contribution in [0.4, 0.5) is 5.69 Å². The van der Waals surface area contributed by atoms with Gasteiger partial charge in [-0.15, -0.1) is 0 Å². The Balaban J connectivity index is 2.30. The Morgan fingerprint density at radius 1 is 1.06 bits per heavy atom. The largest absolute Gasteiger partial charge is 0.363 e. The van der Waals surface area contributed by atoms with E-state index in [1.165, 1.54) is 11.3 Å². The molecule has 1 heterocycles. The van der Waals surface area contributed by atoms with E-state index in [1.807, 2.05) is 0 Å². The highest BCUT2D eigenvalue weighted by atomic mass is 15.3. The minimum Gasteiger partial charge on any atom is -0.363 e. The number of hydrogen-bond donors (Lipinski definition) is 1. The van der Waals surface area contributed by atoms with Crippen LogP contribution in [0.15, 0.2) is 24.3 Å². The van der Waals surface area contributed by atoms with Gasteiger partial charge in [0.2, 0.25) is 0 Å². The van der Waals surface area contributed by atoms with Gasteiger partial charge in [-0.05, 0) is 46.8 Å². The van der Waals surface area contributed by atoms with Gasteiger partial charge in [0, 0.05) is 29.9 Å². The molecule has 0 amide bonds. The first-order valence-corrected chi connectivity index (χ1v) is 6.40. The number of aryl methyl sites for hydroxylation is 1. The molecule has 0 unspecified atom stereocenters. The molecule has 1 aromatic rings. The number of piperazine rings is 1. The predicted octanol–water partition coefficient (Wildman–Crippen LogP) is 2.96. The third kappa shape index (κ3) is 2.63. The summed E-state index contributed by atoms with van der Waals surface area (Å²) in [5, 5.41) is 3.62. The van der Waals surface area contributed by atoms with Crippen LogP contribution in [-0.2, 0) is 0 Å². The highest BCUT2D eigenvalue weighted by molar-refractivity contribution is 5.51. The second kappa shape index (κ2) is 4.02. The molecule has 0 aromatic heterocycles. The summed E-state index contributed by atoms with van der Waals surface area (Å²) >= 11 is 0. The van der Waals surface area contributed by atoms with E-state index in [1.54, 1.807) is 0 Å². The van der Waals surface area contributed by atoms with Crippen molar-refractivity contribution in [1.29, 1.82) is 0 Å². The predicted molar refractivity (Wildman–Crippen MR) is 74.7 cm³/mol.